The zero-order chi connectivity index (χ0) is 22.4. The Morgan fingerprint density at radius 1 is 1.19 bits per heavy atom. The molecule has 3 rings (SSSR count). The lowest BCUT2D eigenvalue weighted by Crippen LogP contribution is -2.49. The Bertz CT molecular complexity index is 956. The highest BCUT2D eigenvalue weighted by Gasteiger charge is 2.30. The van der Waals surface area contributed by atoms with Gasteiger partial charge in [0, 0.05) is 31.9 Å². The third-order valence-corrected chi connectivity index (χ3v) is 6.80. The lowest BCUT2D eigenvalue weighted by molar-refractivity contribution is -0.0440. The van der Waals surface area contributed by atoms with Crippen molar-refractivity contribution < 1.29 is 22.7 Å². The van der Waals surface area contributed by atoms with Crippen molar-refractivity contribution in [1.82, 2.24) is 14.6 Å². The molecule has 2 aromatic rings. The van der Waals surface area contributed by atoms with Gasteiger partial charge in [0.2, 0.25) is 15.9 Å². The van der Waals surface area contributed by atoms with Gasteiger partial charge in [-0.25, -0.2) is 13.4 Å². The molecule has 0 saturated carbocycles. The summed E-state index contributed by atoms with van der Waals surface area (Å²) >= 11 is 0. The number of carbonyl (C=O) groups is 1. The molecule has 1 aliphatic heterocycles. The van der Waals surface area contributed by atoms with Gasteiger partial charge < -0.3 is 14.8 Å². The molecule has 0 radical (unpaired) electrons. The van der Waals surface area contributed by atoms with Crippen LogP contribution in [0.2, 0.25) is 0 Å². The number of sulfonamides is 1. The quantitative estimate of drug-likeness (QED) is 0.667. The van der Waals surface area contributed by atoms with Crippen molar-refractivity contribution in [1.29, 1.82) is 0 Å². The maximum absolute atomic E-state index is 12.5. The van der Waals surface area contributed by atoms with Gasteiger partial charge in [0.15, 0.2) is 0 Å². The van der Waals surface area contributed by atoms with Gasteiger partial charge in [-0.15, -0.1) is 0 Å². The number of nitrogens with zero attached hydrogens (tertiary/aromatic N) is 2. The molecule has 1 aromatic heterocycles. The van der Waals surface area contributed by atoms with Crippen molar-refractivity contribution in [3.63, 3.8) is 0 Å². The number of nitrogens with one attached hydrogen (secondary N) is 1. The maximum atomic E-state index is 12.5. The number of amides is 1. The fourth-order valence-corrected chi connectivity index (χ4v) is 4.93. The minimum absolute atomic E-state index is 0.0184. The Labute approximate surface area is 183 Å². The molecule has 1 amide bonds. The van der Waals surface area contributed by atoms with Crippen LogP contribution in [0.25, 0.3) is 0 Å². The number of morpholine rings is 1. The van der Waals surface area contributed by atoms with Gasteiger partial charge in [0.05, 0.1) is 23.5 Å². The van der Waals surface area contributed by atoms with E-state index in [1.807, 2.05) is 51.1 Å². The summed E-state index contributed by atoms with van der Waals surface area (Å²) in [5.41, 5.74) is 1.36. The predicted octanol–water partition coefficient (Wildman–Crippen LogP) is 2.39. The zero-order valence-electron chi connectivity index (χ0n) is 18.0. The van der Waals surface area contributed by atoms with Gasteiger partial charge in [-0.3, -0.25) is 4.79 Å². The molecule has 31 heavy (non-hydrogen) atoms. The lowest BCUT2D eigenvalue weighted by atomic mass is 10.1. The standard InChI is InChI=1S/C22H29N3O5S/c1-16-14-25(15-17(2)29-16)31(27,28)12-11-23-22(26)20-9-10-21(24-13-20)30-18(3)19-7-5-4-6-8-19/h4-10,13,16-18H,11-12,14-15H2,1-3H3,(H,23,26). The summed E-state index contributed by atoms with van der Waals surface area (Å²) in [6.45, 7) is 6.29. The Morgan fingerprint density at radius 2 is 1.87 bits per heavy atom. The van der Waals surface area contributed by atoms with Gasteiger partial charge >= 0.3 is 0 Å². The average molecular weight is 448 g/mol. The molecule has 9 heteroatoms. The lowest BCUT2D eigenvalue weighted by Gasteiger charge is -2.34. The predicted molar refractivity (Wildman–Crippen MR) is 117 cm³/mol. The molecule has 0 aliphatic carbocycles. The van der Waals surface area contributed by atoms with E-state index in [2.05, 4.69) is 10.3 Å². The first-order valence-corrected chi connectivity index (χ1v) is 11.9. The van der Waals surface area contributed by atoms with E-state index in [0.29, 0.717) is 24.5 Å². The third kappa shape index (κ3) is 6.49. The number of hydrogen-bond donors (Lipinski definition) is 1. The second-order valence-electron chi connectivity index (χ2n) is 7.70. The van der Waals surface area contributed by atoms with Crippen LogP contribution in [-0.4, -0.2) is 61.2 Å². The van der Waals surface area contributed by atoms with Gasteiger partial charge in [-0.05, 0) is 32.4 Å². The van der Waals surface area contributed by atoms with Crippen LogP contribution >= 0.6 is 0 Å². The summed E-state index contributed by atoms with van der Waals surface area (Å²) in [6.07, 6.45) is 0.945. The van der Waals surface area contributed by atoms with Crippen LogP contribution in [0.1, 0.15) is 42.8 Å². The number of hydrogen-bond acceptors (Lipinski definition) is 6. The minimum Gasteiger partial charge on any atom is -0.470 e. The van der Waals surface area contributed by atoms with Gasteiger partial charge in [-0.2, -0.15) is 4.31 Å². The Kier molecular flexibility index (Phi) is 7.64. The molecule has 1 aliphatic rings. The van der Waals surface area contributed by atoms with Crippen molar-refractivity contribution in [2.24, 2.45) is 0 Å². The molecule has 1 fully saturated rings. The van der Waals surface area contributed by atoms with Crippen molar-refractivity contribution >= 4 is 15.9 Å². The van der Waals surface area contributed by atoms with E-state index in [-0.39, 0.29) is 36.5 Å². The fourth-order valence-electron chi connectivity index (χ4n) is 3.44. The van der Waals surface area contributed by atoms with E-state index < -0.39 is 10.0 Å². The average Bonchev–Trinajstić information content (AvgIpc) is 2.74. The first-order valence-electron chi connectivity index (χ1n) is 10.3. The van der Waals surface area contributed by atoms with Gasteiger partial charge in [0.25, 0.3) is 5.91 Å². The van der Waals surface area contributed by atoms with E-state index in [4.69, 9.17) is 9.47 Å². The smallest absolute Gasteiger partial charge is 0.252 e. The molecule has 168 valence electrons. The normalized spacial score (nSPS) is 20.7. The SMILES string of the molecule is CC1CN(S(=O)(=O)CCNC(=O)c2ccc(OC(C)c3ccccc3)nc2)CC(C)O1. The number of aromatic nitrogens is 1. The number of benzene rings is 1. The third-order valence-electron chi connectivity index (χ3n) is 4.99. The molecule has 0 bridgehead atoms. The van der Waals surface area contributed by atoms with Crippen LogP contribution in [0.5, 0.6) is 5.88 Å². The summed E-state index contributed by atoms with van der Waals surface area (Å²) in [5.74, 6) is -0.137. The Morgan fingerprint density at radius 3 is 2.48 bits per heavy atom. The van der Waals surface area contributed by atoms with E-state index in [1.54, 1.807) is 12.1 Å². The topological polar surface area (TPSA) is 97.8 Å². The zero-order valence-corrected chi connectivity index (χ0v) is 18.8. The molecule has 1 saturated heterocycles. The number of carbonyl (C=O) groups excluding carboxylic acids is 1. The summed E-state index contributed by atoms with van der Waals surface area (Å²) in [7, 11) is -3.47. The largest absolute Gasteiger partial charge is 0.470 e. The molecule has 2 heterocycles. The molecule has 3 atom stereocenters. The maximum Gasteiger partial charge on any atom is 0.252 e. The molecular weight excluding hydrogens is 418 g/mol. The Hall–Kier alpha value is -2.49. The summed E-state index contributed by atoms with van der Waals surface area (Å²) < 4.78 is 37.9. The molecule has 0 spiro atoms. The highest BCUT2D eigenvalue weighted by atomic mass is 32.2. The second kappa shape index (κ2) is 10.2. The van der Waals surface area contributed by atoms with Crippen molar-refractivity contribution in [3.8, 4) is 5.88 Å². The summed E-state index contributed by atoms with van der Waals surface area (Å²) in [4.78, 5) is 16.5. The van der Waals surface area contributed by atoms with E-state index in [1.165, 1.54) is 10.5 Å². The van der Waals surface area contributed by atoms with E-state index in [9.17, 15) is 13.2 Å². The number of rotatable bonds is 8. The van der Waals surface area contributed by atoms with Crippen LogP contribution in [0.15, 0.2) is 48.7 Å². The van der Waals surface area contributed by atoms with Crippen LogP contribution in [0, 0.1) is 0 Å². The number of ether oxygens (including phenoxy) is 2. The highest BCUT2D eigenvalue weighted by Crippen LogP contribution is 2.20. The second-order valence-corrected chi connectivity index (χ2v) is 9.79. The molecule has 8 nitrogen and oxygen atoms in total. The minimum atomic E-state index is -3.47. The van der Waals surface area contributed by atoms with Crippen LogP contribution in [0.3, 0.4) is 0 Å². The summed E-state index contributed by atoms with van der Waals surface area (Å²) in [6, 6.07) is 13.0. The molecule has 3 unspecified atom stereocenters. The van der Waals surface area contributed by atoms with Crippen molar-refractivity contribution in [2.75, 3.05) is 25.4 Å². The van der Waals surface area contributed by atoms with Crippen molar-refractivity contribution in [3.05, 3.63) is 59.8 Å². The number of pyridine rings is 1. The monoisotopic (exact) mass is 447 g/mol. The molecular formula is C22H29N3O5S. The van der Waals surface area contributed by atoms with Gasteiger partial charge in [-0.1, -0.05) is 30.3 Å². The van der Waals surface area contributed by atoms with E-state index >= 15 is 0 Å². The fraction of sp³-hybridized carbons (Fsp3) is 0.455. The van der Waals surface area contributed by atoms with Crippen LogP contribution in [-0.2, 0) is 14.8 Å². The highest BCUT2D eigenvalue weighted by molar-refractivity contribution is 7.89. The summed E-state index contributed by atoms with van der Waals surface area (Å²) in [5, 5.41) is 2.65. The van der Waals surface area contributed by atoms with Crippen LogP contribution in [0.4, 0.5) is 0 Å². The van der Waals surface area contributed by atoms with Gasteiger partial charge in [0.1, 0.15) is 6.10 Å². The molecule has 1 N–H and O–H groups in total. The van der Waals surface area contributed by atoms with Crippen molar-refractivity contribution in [2.45, 2.75) is 39.1 Å². The van der Waals surface area contributed by atoms with Crippen LogP contribution < -0.4 is 10.1 Å². The van der Waals surface area contributed by atoms with E-state index in [0.717, 1.165) is 5.56 Å². The Balaban J connectivity index is 1.49. The first-order chi connectivity index (χ1) is 14.7. The molecule has 1 aromatic carbocycles. The first kappa shape index (κ1) is 23.2.